The van der Waals surface area contributed by atoms with Gasteiger partial charge in [0.1, 0.15) is 18.3 Å². The summed E-state index contributed by atoms with van der Waals surface area (Å²) in [5.41, 5.74) is 4.50. The predicted octanol–water partition coefficient (Wildman–Crippen LogP) is -1.69. The minimum atomic E-state index is -5.73. The summed E-state index contributed by atoms with van der Waals surface area (Å²) < 4.78 is 51.6. The summed E-state index contributed by atoms with van der Waals surface area (Å²) in [6.45, 7) is -1.01. The minimum Gasteiger partial charge on any atom is -0.387 e. The molecule has 1 fully saturated rings. The maximum absolute atomic E-state index is 11.9. The van der Waals surface area contributed by atoms with Crippen LogP contribution in [0, 0.1) is 0 Å². The smallest absolute Gasteiger partial charge is 0.387 e. The number of aromatic amines is 1. The van der Waals surface area contributed by atoms with Gasteiger partial charge in [0, 0.05) is 0 Å². The van der Waals surface area contributed by atoms with Crippen molar-refractivity contribution in [2.45, 2.75) is 24.5 Å². The van der Waals surface area contributed by atoms with E-state index in [1.807, 2.05) is 0 Å². The molecule has 0 amide bonds. The number of H-pyrrole nitrogens is 1. The average Bonchev–Trinajstić information content (AvgIpc) is 3.12. The van der Waals surface area contributed by atoms with E-state index in [1.54, 1.807) is 0 Å². The number of aliphatic hydroxyl groups is 2. The molecule has 0 spiro atoms. The number of anilines is 1. The summed E-state index contributed by atoms with van der Waals surface area (Å²) >= 11 is 0. The molecule has 1 aliphatic heterocycles. The molecular weight excluding hydrogens is 563 g/mol. The van der Waals surface area contributed by atoms with Crippen molar-refractivity contribution in [3.8, 4) is 0 Å². The van der Waals surface area contributed by atoms with Gasteiger partial charge in [-0.05, 0) is 0 Å². The highest BCUT2D eigenvalue weighted by Gasteiger charge is 2.47. The molecule has 1 aliphatic rings. The topological polar surface area (TPSA) is 439 Å². The van der Waals surface area contributed by atoms with Crippen molar-refractivity contribution in [1.29, 1.82) is 0 Å². The summed E-state index contributed by atoms with van der Waals surface area (Å²) in [5, 5.41) is 20.4. The van der Waals surface area contributed by atoms with Gasteiger partial charge in [0.2, 0.25) is 5.95 Å². The third kappa shape index (κ3) is 8.41. The molecule has 23 nitrogen and oxygen atoms in total. The van der Waals surface area contributed by atoms with E-state index in [0.29, 0.717) is 0 Å². The zero-order valence-electron chi connectivity index (χ0n) is 18.1. The van der Waals surface area contributed by atoms with Crippen LogP contribution in [0.2, 0.25) is 0 Å². The Kier molecular flexibility index (Phi) is 12.8. The van der Waals surface area contributed by atoms with Gasteiger partial charge in [-0.2, -0.15) is 13.6 Å². The quantitative estimate of drug-likeness (QED) is 0.152. The van der Waals surface area contributed by atoms with Crippen molar-refractivity contribution in [3.63, 3.8) is 0 Å². The number of nitrogens with one attached hydrogen (secondary N) is 1. The first-order chi connectivity index (χ1) is 14.6. The number of phosphoric acid groups is 3. The number of phosphoric ester groups is 1. The monoisotopic (exact) mass is 591 g/mol. The van der Waals surface area contributed by atoms with Gasteiger partial charge < -0.3 is 64.9 Å². The fraction of sp³-hybridized carbons (Fsp3) is 0.500. The number of imidazole rings is 1. The van der Waals surface area contributed by atoms with Gasteiger partial charge in [0.25, 0.3) is 5.56 Å². The molecule has 2 unspecified atom stereocenters. The van der Waals surface area contributed by atoms with E-state index >= 15 is 0 Å². The Hall–Kier alpha value is -1.72. The molecule has 36 heavy (non-hydrogen) atoms. The van der Waals surface area contributed by atoms with Crippen LogP contribution in [0.5, 0.6) is 0 Å². The molecule has 2 aromatic heterocycles. The van der Waals surface area contributed by atoms with E-state index in [0.717, 1.165) is 10.9 Å². The maximum atomic E-state index is 11.9. The van der Waals surface area contributed by atoms with Gasteiger partial charge in [-0.1, -0.05) is 0 Å². The number of ether oxygens (including phenoxy) is 1. The van der Waals surface area contributed by atoms with E-state index in [1.165, 1.54) is 0 Å². The van der Waals surface area contributed by atoms with Crippen molar-refractivity contribution in [1.82, 2.24) is 44.1 Å². The lowest BCUT2D eigenvalue weighted by Gasteiger charge is -2.19. The van der Waals surface area contributed by atoms with E-state index in [9.17, 15) is 33.6 Å². The first-order valence-electron chi connectivity index (χ1n) is 8.11. The lowest BCUT2D eigenvalue weighted by atomic mass is 10.1. The van der Waals surface area contributed by atoms with Crippen LogP contribution in [0.4, 0.5) is 5.95 Å². The molecule has 2 aromatic rings. The number of nitrogen functional groups attached to an aromatic ring is 1. The van der Waals surface area contributed by atoms with Crippen LogP contribution in [0.1, 0.15) is 6.23 Å². The second-order valence-corrected chi connectivity index (χ2v) is 10.6. The number of rotatable bonds is 8. The normalized spacial score (nSPS) is 24.8. The number of fused-ring (bicyclic) bond motifs is 1. The van der Waals surface area contributed by atoms with Crippen molar-refractivity contribution in [3.05, 3.63) is 16.7 Å². The summed E-state index contributed by atoms with van der Waals surface area (Å²) in [5.74, 6) is -0.276. The lowest BCUT2D eigenvalue weighted by molar-refractivity contribution is -0.0503. The number of nitrogens with two attached hydrogens (primary N) is 1. The summed E-state index contributed by atoms with van der Waals surface area (Å²) in [4.78, 5) is 57.3. The predicted molar refractivity (Wildman–Crippen MR) is 118 cm³/mol. The van der Waals surface area contributed by atoms with Crippen LogP contribution in [0.25, 0.3) is 11.2 Å². The summed E-state index contributed by atoms with van der Waals surface area (Å²) in [6.07, 6.45) is -5.33. The SMILES string of the molecule is N.N.N.N.Nc1nc2c(ncn2[C@@H]2O[C@H](COP(=O)(O)OP(=O)(O)OP(=O)(O)O)[C@@H](O)[C@H]2O)c(=O)[nH]1. The number of nitrogens with zero attached hydrogens (tertiary/aromatic N) is 3. The van der Waals surface area contributed by atoms with Gasteiger partial charge in [-0.25, -0.2) is 18.7 Å². The summed E-state index contributed by atoms with van der Waals surface area (Å²) in [7, 11) is -16.8. The molecule has 3 heterocycles. The molecular formula is C10H28N9O14P3. The Morgan fingerprint density at radius 3 is 2.17 bits per heavy atom. The summed E-state index contributed by atoms with van der Waals surface area (Å²) in [6, 6.07) is 0. The van der Waals surface area contributed by atoms with Crippen molar-refractivity contribution >= 4 is 40.6 Å². The number of hydrogen-bond acceptors (Lipinski definition) is 17. The third-order valence-corrected chi connectivity index (χ3v) is 7.68. The van der Waals surface area contributed by atoms with Gasteiger partial charge in [-0.3, -0.25) is 18.9 Å². The van der Waals surface area contributed by atoms with E-state index in [4.69, 9.17) is 25.2 Å². The Balaban J connectivity index is 0. The van der Waals surface area contributed by atoms with E-state index in [-0.39, 0.29) is 41.7 Å². The van der Waals surface area contributed by atoms with E-state index < -0.39 is 60.2 Å². The molecule has 212 valence electrons. The molecule has 0 aliphatic carbocycles. The highest BCUT2D eigenvalue weighted by atomic mass is 31.3. The zero-order valence-corrected chi connectivity index (χ0v) is 20.8. The Labute approximate surface area is 200 Å². The Morgan fingerprint density at radius 1 is 1.03 bits per heavy atom. The molecule has 26 heteroatoms. The second-order valence-electron chi connectivity index (χ2n) is 6.21. The van der Waals surface area contributed by atoms with Crippen LogP contribution in [0.15, 0.2) is 11.1 Å². The molecule has 0 saturated carbocycles. The molecule has 3 rings (SSSR count). The number of aliphatic hydroxyl groups excluding tert-OH is 2. The largest absolute Gasteiger partial charge is 0.490 e. The maximum Gasteiger partial charge on any atom is 0.490 e. The molecule has 1 saturated heterocycles. The van der Waals surface area contributed by atoms with Crippen LogP contribution >= 0.6 is 23.5 Å². The van der Waals surface area contributed by atoms with Gasteiger partial charge in [0.15, 0.2) is 17.4 Å². The first-order valence-corrected chi connectivity index (χ1v) is 12.6. The minimum absolute atomic E-state index is 0. The Bertz CT molecular complexity index is 1220. The first kappa shape index (κ1) is 36.4. The lowest BCUT2D eigenvalue weighted by Crippen LogP contribution is -2.33. The molecule has 0 radical (unpaired) electrons. The number of hydrogen-bond donors (Lipinski definition) is 12. The van der Waals surface area contributed by atoms with Crippen LogP contribution in [0.3, 0.4) is 0 Å². The third-order valence-electron chi connectivity index (χ3n) is 3.88. The second kappa shape index (κ2) is 12.7. The fourth-order valence-electron chi connectivity index (χ4n) is 2.70. The zero-order chi connectivity index (χ0) is 24.1. The van der Waals surface area contributed by atoms with E-state index in [2.05, 4.69) is 28.1 Å². The van der Waals surface area contributed by atoms with Crippen LogP contribution in [-0.4, -0.2) is 74.2 Å². The van der Waals surface area contributed by atoms with Crippen LogP contribution < -0.4 is 35.9 Å². The standard InChI is InChI=1S/C10H16N5O14P3.4H3N/c11-10-13-7-4(8(18)14-10)12-2-15(7)9-6(17)5(16)3(27-9)1-26-31(22,23)29-32(24,25)28-30(19,20)21;;;;/h2-3,5-6,9,16-17H,1H2,(H,22,23)(H,24,25)(H2,19,20,21)(H3,11,13,14,18);4*1H3/t3-,5-,6-,9-;;;;/m1..../s1. The highest BCUT2D eigenvalue weighted by molar-refractivity contribution is 7.66. The Morgan fingerprint density at radius 2 is 1.61 bits per heavy atom. The van der Waals surface area contributed by atoms with Gasteiger partial charge in [0.05, 0.1) is 12.9 Å². The molecule has 0 aromatic carbocycles. The van der Waals surface area contributed by atoms with Gasteiger partial charge >= 0.3 is 23.5 Å². The highest BCUT2D eigenvalue weighted by Crippen LogP contribution is 2.66. The molecule has 6 atom stereocenters. The van der Waals surface area contributed by atoms with Crippen LogP contribution in [-0.2, 0) is 31.6 Å². The van der Waals surface area contributed by atoms with Crippen molar-refractivity contribution < 1.29 is 61.4 Å². The van der Waals surface area contributed by atoms with Gasteiger partial charge in [-0.15, -0.1) is 0 Å². The van der Waals surface area contributed by atoms with Crippen molar-refractivity contribution in [2.24, 2.45) is 0 Å². The molecule has 0 bridgehead atoms. The fourth-order valence-corrected chi connectivity index (χ4v) is 5.73. The average molecular weight is 591 g/mol. The molecule has 21 N–H and O–H groups in total. The number of aromatic nitrogens is 4. The van der Waals surface area contributed by atoms with Crippen molar-refractivity contribution in [2.75, 3.05) is 12.3 Å².